The maximum absolute atomic E-state index is 7.21. The van der Waals surface area contributed by atoms with Crippen molar-refractivity contribution in [2.45, 2.75) is 18.1 Å². The molecular formula is C8H14BNS. The third-order valence-corrected chi connectivity index (χ3v) is 3.04. The molecule has 11 heavy (non-hydrogen) atoms. The summed E-state index contributed by atoms with van der Waals surface area (Å²) in [6.07, 6.45) is 4.76. The zero-order valence-corrected chi connectivity index (χ0v) is 7.56. The smallest absolute Gasteiger partial charge is 0.139 e. The molecule has 0 aromatic carbocycles. The maximum atomic E-state index is 7.21. The fraction of sp³-hybridized carbons (Fsp3) is 0.625. The molecule has 1 saturated heterocycles. The van der Waals surface area contributed by atoms with Crippen molar-refractivity contribution in [1.29, 1.82) is 5.41 Å². The minimum atomic E-state index is 0.454. The van der Waals surface area contributed by atoms with Crippen LogP contribution in [0, 0.1) is 11.3 Å². The highest BCUT2D eigenvalue weighted by Crippen LogP contribution is 2.37. The van der Waals surface area contributed by atoms with E-state index in [9.17, 15) is 0 Å². The molecule has 1 aliphatic heterocycles. The average Bonchev–Trinajstić information content (AvgIpc) is 2.46. The highest BCUT2D eigenvalue weighted by molar-refractivity contribution is 7.80. The summed E-state index contributed by atoms with van der Waals surface area (Å²) in [5.41, 5.74) is 0. The summed E-state index contributed by atoms with van der Waals surface area (Å²) in [6.45, 7) is 3.78. The highest BCUT2D eigenvalue weighted by Gasteiger charge is 2.31. The van der Waals surface area contributed by atoms with Gasteiger partial charge in [-0.15, -0.1) is 6.58 Å². The van der Waals surface area contributed by atoms with Gasteiger partial charge in [0.2, 0.25) is 0 Å². The van der Waals surface area contributed by atoms with Crippen molar-refractivity contribution in [3.05, 3.63) is 12.7 Å². The minimum absolute atomic E-state index is 0.454. The van der Waals surface area contributed by atoms with Crippen LogP contribution in [0.1, 0.15) is 6.42 Å². The van der Waals surface area contributed by atoms with Gasteiger partial charge in [0, 0.05) is 0 Å². The van der Waals surface area contributed by atoms with E-state index in [0.717, 1.165) is 13.0 Å². The summed E-state index contributed by atoms with van der Waals surface area (Å²) >= 11 is 4.27. The molecule has 1 rings (SSSR count). The van der Waals surface area contributed by atoms with E-state index in [0.29, 0.717) is 17.6 Å². The maximum Gasteiger partial charge on any atom is 0.139 e. The highest BCUT2D eigenvalue weighted by atomic mass is 32.1. The van der Waals surface area contributed by atoms with Gasteiger partial charge in [0.15, 0.2) is 0 Å². The Hall–Kier alpha value is -0.175. The van der Waals surface area contributed by atoms with Gasteiger partial charge >= 0.3 is 0 Å². The lowest BCUT2D eigenvalue weighted by Gasteiger charge is -2.10. The topological polar surface area (TPSA) is 23.9 Å². The lowest BCUT2D eigenvalue weighted by atomic mass is 9.60. The van der Waals surface area contributed by atoms with Crippen molar-refractivity contribution in [1.82, 2.24) is 0 Å². The van der Waals surface area contributed by atoms with Gasteiger partial charge in [-0.2, -0.15) is 12.6 Å². The lowest BCUT2D eigenvalue weighted by Crippen LogP contribution is -2.08. The van der Waals surface area contributed by atoms with Crippen molar-refractivity contribution in [2.75, 3.05) is 5.75 Å². The number of thiol groups is 1. The second-order valence-electron chi connectivity index (χ2n) is 3.24. The Labute approximate surface area is 74.4 Å². The lowest BCUT2D eigenvalue weighted by molar-refractivity contribution is 0.616. The van der Waals surface area contributed by atoms with Gasteiger partial charge < -0.3 is 5.41 Å². The first-order valence-corrected chi connectivity index (χ1v) is 4.69. The van der Waals surface area contributed by atoms with Crippen LogP contribution < -0.4 is 0 Å². The minimum Gasteiger partial charge on any atom is -0.314 e. The van der Waals surface area contributed by atoms with Crippen LogP contribution >= 0.6 is 12.6 Å². The zero-order valence-electron chi connectivity index (χ0n) is 6.66. The van der Waals surface area contributed by atoms with Crippen LogP contribution in [0.3, 0.4) is 0 Å². The van der Waals surface area contributed by atoms with E-state index in [1.165, 1.54) is 6.42 Å². The van der Waals surface area contributed by atoms with Gasteiger partial charge in [-0.25, -0.2) is 0 Å². The van der Waals surface area contributed by atoms with Crippen LogP contribution in [0.4, 0.5) is 0 Å². The van der Waals surface area contributed by atoms with Crippen molar-refractivity contribution in [2.24, 2.45) is 5.92 Å². The number of rotatable bonds is 3. The Balaban J connectivity index is 2.53. The van der Waals surface area contributed by atoms with E-state index in [-0.39, 0.29) is 0 Å². The Bertz CT molecular complexity index is 160. The predicted octanol–water partition coefficient (Wildman–Crippen LogP) is 1.79. The zero-order chi connectivity index (χ0) is 8.27. The van der Waals surface area contributed by atoms with Gasteiger partial charge in [-0.3, -0.25) is 0 Å². The molecule has 1 N–H and O–H groups in total. The molecule has 1 nitrogen and oxygen atoms in total. The fourth-order valence-electron chi connectivity index (χ4n) is 1.81. The van der Waals surface area contributed by atoms with Crippen LogP contribution in [0.25, 0.3) is 0 Å². The molecule has 3 heteroatoms. The SMILES string of the molecule is C=CC1BC(C=N)C(CS)C1. The van der Waals surface area contributed by atoms with Crippen molar-refractivity contribution >= 4 is 26.1 Å². The second kappa shape index (κ2) is 4.00. The third-order valence-electron chi connectivity index (χ3n) is 2.57. The van der Waals surface area contributed by atoms with Crippen LogP contribution in [0.2, 0.25) is 11.6 Å². The molecule has 0 radical (unpaired) electrons. The summed E-state index contributed by atoms with van der Waals surface area (Å²) in [4.78, 5) is 0. The van der Waals surface area contributed by atoms with Gasteiger partial charge in [0.1, 0.15) is 7.28 Å². The Morgan fingerprint density at radius 3 is 2.82 bits per heavy atom. The molecule has 1 aliphatic rings. The molecule has 0 spiro atoms. The van der Waals surface area contributed by atoms with Gasteiger partial charge in [0.25, 0.3) is 0 Å². The van der Waals surface area contributed by atoms with E-state index < -0.39 is 0 Å². The summed E-state index contributed by atoms with van der Waals surface area (Å²) in [5, 5.41) is 7.21. The standard InChI is InChI=1S/C8H14BNS/c1-2-7-3-6(5-11)8(4-10)9-7/h2,4,6-11H,1,3,5H2. The Kier molecular flexibility index (Phi) is 3.25. The largest absolute Gasteiger partial charge is 0.314 e. The molecule has 3 unspecified atom stereocenters. The van der Waals surface area contributed by atoms with E-state index >= 15 is 0 Å². The Morgan fingerprint density at radius 2 is 2.45 bits per heavy atom. The van der Waals surface area contributed by atoms with E-state index in [4.69, 9.17) is 5.41 Å². The molecule has 0 aromatic rings. The fourth-order valence-corrected chi connectivity index (χ4v) is 2.23. The van der Waals surface area contributed by atoms with Crippen LogP contribution in [0.5, 0.6) is 0 Å². The molecule has 0 bridgehead atoms. The summed E-state index contributed by atoms with van der Waals surface area (Å²) < 4.78 is 0. The Morgan fingerprint density at radius 1 is 1.73 bits per heavy atom. The number of allylic oxidation sites excluding steroid dienone is 1. The van der Waals surface area contributed by atoms with Gasteiger partial charge in [0.05, 0.1) is 0 Å². The first kappa shape index (κ1) is 8.92. The van der Waals surface area contributed by atoms with E-state index in [1.807, 2.05) is 6.08 Å². The monoisotopic (exact) mass is 167 g/mol. The first-order valence-electron chi connectivity index (χ1n) is 4.05. The van der Waals surface area contributed by atoms with E-state index in [1.54, 1.807) is 6.21 Å². The molecule has 1 fully saturated rings. The van der Waals surface area contributed by atoms with Crippen molar-refractivity contribution < 1.29 is 0 Å². The molecule has 0 amide bonds. The number of hydrogen-bond acceptors (Lipinski definition) is 2. The van der Waals surface area contributed by atoms with Crippen LogP contribution in [-0.2, 0) is 0 Å². The molecular weight excluding hydrogens is 153 g/mol. The third kappa shape index (κ3) is 1.89. The summed E-state index contributed by atoms with van der Waals surface area (Å²) in [7, 11) is 1.11. The van der Waals surface area contributed by atoms with Crippen LogP contribution in [0.15, 0.2) is 12.7 Å². The molecule has 1 heterocycles. The molecule has 60 valence electrons. The average molecular weight is 167 g/mol. The second-order valence-corrected chi connectivity index (χ2v) is 3.61. The summed E-state index contributed by atoms with van der Waals surface area (Å²) in [5.74, 6) is 2.60. The number of nitrogens with one attached hydrogen (secondary N) is 1. The number of hydrogen-bond donors (Lipinski definition) is 2. The predicted molar refractivity (Wildman–Crippen MR) is 55.6 cm³/mol. The van der Waals surface area contributed by atoms with E-state index in [2.05, 4.69) is 19.2 Å². The van der Waals surface area contributed by atoms with Gasteiger partial charge in [-0.1, -0.05) is 12.5 Å². The van der Waals surface area contributed by atoms with Crippen molar-refractivity contribution in [3.8, 4) is 0 Å². The summed E-state index contributed by atoms with van der Waals surface area (Å²) in [6, 6.07) is 0. The molecule has 0 aromatic heterocycles. The molecule has 0 saturated carbocycles. The normalized spacial score (nSPS) is 36.3. The first-order chi connectivity index (χ1) is 5.31. The van der Waals surface area contributed by atoms with Crippen LogP contribution in [-0.4, -0.2) is 19.2 Å². The van der Waals surface area contributed by atoms with Gasteiger partial charge in [-0.05, 0) is 29.5 Å². The van der Waals surface area contributed by atoms with Crippen molar-refractivity contribution in [3.63, 3.8) is 0 Å². The molecule has 3 atom stereocenters. The quantitative estimate of drug-likeness (QED) is 0.277. The molecule has 0 aliphatic carbocycles.